The maximum Gasteiger partial charge on any atom is 0.237 e. The standard InChI is InChI=1S/C12H16N4O/c1-2-3-4-5-13-12(17)10-6-9-11(7-14-10)16-8-15-9/h1,8,10,14H,3-7H2,(H,13,17)(H,15,16). The number of H-pyrrole nitrogens is 1. The molecule has 1 aliphatic rings. The van der Waals surface area contributed by atoms with Crippen molar-refractivity contribution >= 4 is 5.91 Å². The molecule has 0 bridgehead atoms. The summed E-state index contributed by atoms with van der Waals surface area (Å²) in [5, 5.41) is 6.05. The molecule has 3 N–H and O–H groups in total. The van der Waals surface area contributed by atoms with Gasteiger partial charge in [0.2, 0.25) is 5.91 Å². The second kappa shape index (κ2) is 5.51. The molecule has 5 nitrogen and oxygen atoms in total. The average Bonchev–Trinajstić information content (AvgIpc) is 2.81. The van der Waals surface area contributed by atoms with E-state index in [0.29, 0.717) is 25.9 Å². The number of carbonyl (C=O) groups is 1. The SMILES string of the molecule is C#CCCCNC(=O)C1Cc2nc[nH]c2CN1. The van der Waals surface area contributed by atoms with Crippen molar-refractivity contribution in [2.24, 2.45) is 0 Å². The number of unbranched alkanes of at least 4 members (excludes halogenated alkanes) is 1. The first-order valence-electron chi connectivity index (χ1n) is 5.77. The van der Waals surface area contributed by atoms with E-state index in [2.05, 4.69) is 26.5 Å². The van der Waals surface area contributed by atoms with Gasteiger partial charge in [-0.1, -0.05) is 0 Å². The van der Waals surface area contributed by atoms with Crippen molar-refractivity contribution in [2.75, 3.05) is 6.54 Å². The molecular weight excluding hydrogens is 216 g/mol. The van der Waals surface area contributed by atoms with Crippen LogP contribution < -0.4 is 10.6 Å². The molecule has 0 radical (unpaired) electrons. The molecule has 2 rings (SSSR count). The Balaban J connectivity index is 1.80. The highest BCUT2D eigenvalue weighted by atomic mass is 16.2. The van der Waals surface area contributed by atoms with Gasteiger partial charge in [0, 0.05) is 25.9 Å². The molecule has 1 aromatic heterocycles. The Hall–Kier alpha value is -1.80. The normalized spacial score (nSPS) is 18.2. The number of fused-ring (bicyclic) bond motifs is 1. The van der Waals surface area contributed by atoms with E-state index in [1.807, 2.05) is 0 Å². The number of aromatic amines is 1. The lowest BCUT2D eigenvalue weighted by Crippen LogP contribution is -2.47. The highest BCUT2D eigenvalue weighted by molar-refractivity contribution is 5.82. The first-order chi connectivity index (χ1) is 8.31. The molecule has 0 fully saturated rings. The topological polar surface area (TPSA) is 69.8 Å². The van der Waals surface area contributed by atoms with Crippen LogP contribution in [0.15, 0.2) is 6.33 Å². The highest BCUT2D eigenvalue weighted by Crippen LogP contribution is 2.11. The van der Waals surface area contributed by atoms with Gasteiger partial charge in [0.1, 0.15) is 0 Å². The molecular formula is C12H16N4O. The van der Waals surface area contributed by atoms with Gasteiger partial charge in [-0.25, -0.2) is 4.98 Å². The summed E-state index contributed by atoms with van der Waals surface area (Å²) in [5.74, 6) is 2.57. The number of nitrogens with one attached hydrogen (secondary N) is 3. The fraction of sp³-hybridized carbons (Fsp3) is 0.500. The van der Waals surface area contributed by atoms with Gasteiger partial charge in [0.15, 0.2) is 0 Å². The molecule has 17 heavy (non-hydrogen) atoms. The first-order valence-corrected chi connectivity index (χ1v) is 5.77. The van der Waals surface area contributed by atoms with Gasteiger partial charge in [-0.2, -0.15) is 0 Å². The van der Waals surface area contributed by atoms with E-state index in [9.17, 15) is 4.79 Å². The Kier molecular flexibility index (Phi) is 3.78. The molecule has 90 valence electrons. The van der Waals surface area contributed by atoms with E-state index >= 15 is 0 Å². The molecule has 0 aromatic carbocycles. The molecule has 2 heterocycles. The quantitative estimate of drug-likeness (QED) is 0.504. The lowest BCUT2D eigenvalue weighted by molar-refractivity contribution is -0.123. The number of hydrogen-bond acceptors (Lipinski definition) is 3. The summed E-state index contributed by atoms with van der Waals surface area (Å²) in [4.78, 5) is 19.1. The van der Waals surface area contributed by atoms with E-state index in [4.69, 9.17) is 6.42 Å². The van der Waals surface area contributed by atoms with Gasteiger partial charge in [-0.05, 0) is 6.42 Å². The monoisotopic (exact) mass is 232 g/mol. The lowest BCUT2D eigenvalue weighted by Gasteiger charge is -2.22. The van der Waals surface area contributed by atoms with Crippen molar-refractivity contribution in [3.8, 4) is 12.3 Å². The summed E-state index contributed by atoms with van der Waals surface area (Å²) in [6.45, 7) is 1.30. The maximum absolute atomic E-state index is 11.8. The molecule has 1 aromatic rings. The van der Waals surface area contributed by atoms with E-state index < -0.39 is 0 Å². The lowest BCUT2D eigenvalue weighted by atomic mass is 10.0. The Labute approximate surface area is 100 Å². The van der Waals surface area contributed by atoms with Crippen molar-refractivity contribution in [3.05, 3.63) is 17.7 Å². The third kappa shape index (κ3) is 2.86. The second-order valence-electron chi connectivity index (χ2n) is 4.06. The molecule has 1 atom stereocenters. The summed E-state index contributed by atoms with van der Waals surface area (Å²) in [7, 11) is 0. The Morgan fingerprint density at radius 3 is 3.41 bits per heavy atom. The fourth-order valence-corrected chi connectivity index (χ4v) is 1.88. The summed E-state index contributed by atoms with van der Waals surface area (Å²) in [5.41, 5.74) is 2.05. The largest absolute Gasteiger partial charge is 0.355 e. The number of aromatic nitrogens is 2. The summed E-state index contributed by atoms with van der Waals surface area (Å²) < 4.78 is 0. The Morgan fingerprint density at radius 2 is 2.59 bits per heavy atom. The van der Waals surface area contributed by atoms with Crippen LogP contribution in [-0.4, -0.2) is 28.5 Å². The number of amides is 1. The number of hydrogen-bond donors (Lipinski definition) is 3. The smallest absolute Gasteiger partial charge is 0.237 e. The zero-order chi connectivity index (χ0) is 12.1. The molecule has 1 unspecified atom stereocenters. The predicted molar refractivity (Wildman–Crippen MR) is 64.0 cm³/mol. The Bertz CT molecular complexity index is 432. The number of imidazole rings is 1. The van der Waals surface area contributed by atoms with Gasteiger partial charge in [0.25, 0.3) is 0 Å². The van der Waals surface area contributed by atoms with Crippen LogP contribution in [-0.2, 0) is 17.8 Å². The Morgan fingerprint density at radius 1 is 1.71 bits per heavy atom. The zero-order valence-corrected chi connectivity index (χ0v) is 9.62. The van der Waals surface area contributed by atoms with Crippen LogP contribution in [0.4, 0.5) is 0 Å². The third-order valence-corrected chi connectivity index (χ3v) is 2.84. The second-order valence-corrected chi connectivity index (χ2v) is 4.06. The summed E-state index contributed by atoms with van der Waals surface area (Å²) in [6, 6.07) is -0.184. The molecule has 5 heteroatoms. The van der Waals surface area contributed by atoms with Gasteiger partial charge >= 0.3 is 0 Å². The first kappa shape index (κ1) is 11.7. The van der Waals surface area contributed by atoms with Crippen LogP contribution in [0.25, 0.3) is 0 Å². The number of carbonyl (C=O) groups excluding carboxylic acids is 1. The van der Waals surface area contributed by atoms with Crippen molar-refractivity contribution in [1.82, 2.24) is 20.6 Å². The fourth-order valence-electron chi connectivity index (χ4n) is 1.88. The molecule has 0 saturated heterocycles. The van der Waals surface area contributed by atoms with Gasteiger partial charge in [0.05, 0.1) is 23.8 Å². The van der Waals surface area contributed by atoms with Crippen molar-refractivity contribution in [1.29, 1.82) is 0 Å². The van der Waals surface area contributed by atoms with Gasteiger partial charge < -0.3 is 10.3 Å². The van der Waals surface area contributed by atoms with Crippen LogP contribution in [0.2, 0.25) is 0 Å². The molecule has 0 saturated carbocycles. The van der Waals surface area contributed by atoms with Gasteiger partial charge in [-0.3, -0.25) is 10.1 Å². The maximum atomic E-state index is 11.8. The number of rotatable bonds is 4. The summed E-state index contributed by atoms with van der Waals surface area (Å²) in [6.07, 6.45) is 8.97. The van der Waals surface area contributed by atoms with Crippen LogP contribution in [0.3, 0.4) is 0 Å². The minimum atomic E-state index is -0.184. The highest BCUT2D eigenvalue weighted by Gasteiger charge is 2.25. The van der Waals surface area contributed by atoms with Crippen molar-refractivity contribution in [3.63, 3.8) is 0 Å². The molecule has 1 aliphatic heterocycles. The molecule has 0 aliphatic carbocycles. The van der Waals surface area contributed by atoms with Crippen LogP contribution in [0, 0.1) is 12.3 Å². The molecule has 0 spiro atoms. The average molecular weight is 232 g/mol. The van der Waals surface area contributed by atoms with E-state index in [0.717, 1.165) is 17.8 Å². The zero-order valence-electron chi connectivity index (χ0n) is 9.62. The van der Waals surface area contributed by atoms with E-state index in [1.165, 1.54) is 0 Å². The number of nitrogens with zero attached hydrogens (tertiary/aromatic N) is 1. The van der Waals surface area contributed by atoms with Gasteiger partial charge in [-0.15, -0.1) is 12.3 Å². The van der Waals surface area contributed by atoms with Crippen molar-refractivity contribution in [2.45, 2.75) is 31.8 Å². The predicted octanol–water partition coefficient (Wildman–Crippen LogP) is -0.0464. The van der Waals surface area contributed by atoms with Crippen LogP contribution in [0.1, 0.15) is 24.2 Å². The minimum Gasteiger partial charge on any atom is -0.355 e. The van der Waals surface area contributed by atoms with Crippen LogP contribution in [0.5, 0.6) is 0 Å². The van der Waals surface area contributed by atoms with Crippen LogP contribution >= 0.6 is 0 Å². The number of terminal acetylenes is 1. The van der Waals surface area contributed by atoms with E-state index in [-0.39, 0.29) is 11.9 Å². The van der Waals surface area contributed by atoms with E-state index in [1.54, 1.807) is 6.33 Å². The van der Waals surface area contributed by atoms with Crippen molar-refractivity contribution < 1.29 is 4.79 Å². The molecule has 1 amide bonds. The minimum absolute atomic E-state index is 0.0238. The third-order valence-electron chi connectivity index (χ3n) is 2.84. The summed E-state index contributed by atoms with van der Waals surface area (Å²) >= 11 is 0.